The number of nitrogens with two attached hydrogens (primary N) is 1. The molecule has 1 aromatic rings. The second kappa shape index (κ2) is 4.37. The molecule has 0 saturated carbocycles. The molecule has 0 aliphatic rings. The van der Waals surface area contributed by atoms with Gasteiger partial charge in [0, 0.05) is 37.5 Å². The SMILES string of the molecule is C=CCC(F)(F)c1ccn(CCN)c1. The number of alkyl halides is 2. The minimum Gasteiger partial charge on any atom is -0.352 e. The van der Waals surface area contributed by atoms with Crippen LogP contribution in [0.4, 0.5) is 8.78 Å². The van der Waals surface area contributed by atoms with Crippen molar-refractivity contribution in [2.24, 2.45) is 5.73 Å². The molecular formula is C10H14F2N2. The first-order valence-corrected chi connectivity index (χ1v) is 4.45. The van der Waals surface area contributed by atoms with Gasteiger partial charge in [-0.2, -0.15) is 0 Å². The third-order valence-corrected chi connectivity index (χ3v) is 1.96. The molecule has 0 aromatic carbocycles. The fourth-order valence-electron chi connectivity index (χ4n) is 1.24. The maximum Gasteiger partial charge on any atom is 0.278 e. The monoisotopic (exact) mass is 200 g/mol. The van der Waals surface area contributed by atoms with Crippen molar-refractivity contribution in [3.8, 4) is 0 Å². The molecule has 0 aliphatic heterocycles. The molecule has 0 saturated heterocycles. The van der Waals surface area contributed by atoms with Crippen LogP contribution in [0, 0.1) is 0 Å². The summed E-state index contributed by atoms with van der Waals surface area (Å²) in [7, 11) is 0. The number of nitrogens with zero attached hydrogens (tertiary/aromatic N) is 1. The van der Waals surface area contributed by atoms with Gasteiger partial charge in [-0.1, -0.05) is 6.08 Å². The third kappa shape index (κ3) is 2.42. The van der Waals surface area contributed by atoms with Gasteiger partial charge in [-0.3, -0.25) is 0 Å². The summed E-state index contributed by atoms with van der Waals surface area (Å²) in [4.78, 5) is 0. The molecule has 1 rings (SSSR count). The predicted octanol–water partition coefficient (Wildman–Crippen LogP) is 2.11. The standard InChI is InChI=1S/C10H14F2N2/c1-2-4-10(11,12)9-3-6-14(8-9)7-5-13/h2-3,6,8H,1,4-5,7,13H2. The summed E-state index contributed by atoms with van der Waals surface area (Å²) in [6, 6.07) is 1.42. The summed E-state index contributed by atoms with van der Waals surface area (Å²) in [5.74, 6) is -2.82. The van der Waals surface area contributed by atoms with Gasteiger partial charge in [0.15, 0.2) is 0 Å². The van der Waals surface area contributed by atoms with E-state index in [9.17, 15) is 8.78 Å². The lowest BCUT2D eigenvalue weighted by molar-refractivity contribution is -0.000863. The predicted molar refractivity (Wildman–Crippen MR) is 52.2 cm³/mol. The third-order valence-electron chi connectivity index (χ3n) is 1.96. The number of halogens is 2. The van der Waals surface area contributed by atoms with Crippen molar-refractivity contribution in [1.29, 1.82) is 0 Å². The molecule has 0 atom stereocenters. The largest absolute Gasteiger partial charge is 0.352 e. The smallest absolute Gasteiger partial charge is 0.278 e. The highest BCUT2D eigenvalue weighted by Crippen LogP contribution is 2.31. The highest BCUT2D eigenvalue weighted by molar-refractivity contribution is 5.17. The first-order valence-electron chi connectivity index (χ1n) is 4.45. The molecule has 0 amide bonds. The van der Waals surface area contributed by atoms with Gasteiger partial charge in [0.05, 0.1) is 0 Å². The first kappa shape index (κ1) is 10.9. The van der Waals surface area contributed by atoms with Crippen LogP contribution in [0.1, 0.15) is 12.0 Å². The molecule has 1 aromatic heterocycles. The van der Waals surface area contributed by atoms with Crippen molar-refractivity contribution < 1.29 is 8.78 Å². The molecular weight excluding hydrogens is 186 g/mol. The van der Waals surface area contributed by atoms with Crippen molar-refractivity contribution in [3.63, 3.8) is 0 Å². The van der Waals surface area contributed by atoms with E-state index in [1.165, 1.54) is 18.3 Å². The fourth-order valence-corrected chi connectivity index (χ4v) is 1.24. The van der Waals surface area contributed by atoms with Gasteiger partial charge in [-0.25, -0.2) is 8.78 Å². The molecule has 0 spiro atoms. The Bertz CT molecular complexity index is 305. The summed E-state index contributed by atoms with van der Waals surface area (Å²) < 4.78 is 28.2. The van der Waals surface area contributed by atoms with E-state index in [1.54, 1.807) is 10.8 Å². The van der Waals surface area contributed by atoms with E-state index < -0.39 is 5.92 Å². The van der Waals surface area contributed by atoms with Crippen LogP contribution in [-0.4, -0.2) is 11.1 Å². The number of rotatable bonds is 5. The van der Waals surface area contributed by atoms with Gasteiger partial charge in [-0.15, -0.1) is 6.58 Å². The Kier molecular flexibility index (Phi) is 3.41. The van der Waals surface area contributed by atoms with Gasteiger partial charge in [0.2, 0.25) is 0 Å². The minimum absolute atomic E-state index is 0.0193. The zero-order valence-corrected chi connectivity index (χ0v) is 7.92. The lowest BCUT2D eigenvalue weighted by atomic mass is 10.1. The number of hydrogen-bond donors (Lipinski definition) is 1. The van der Waals surface area contributed by atoms with Crippen LogP contribution in [0.2, 0.25) is 0 Å². The molecule has 14 heavy (non-hydrogen) atoms. The number of allylic oxidation sites excluding steroid dienone is 1. The van der Waals surface area contributed by atoms with Crippen LogP contribution in [0.15, 0.2) is 31.1 Å². The molecule has 0 radical (unpaired) electrons. The molecule has 2 N–H and O–H groups in total. The summed E-state index contributed by atoms with van der Waals surface area (Å²) in [6.45, 7) is 4.31. The van der Waals surface area contributed by atoms with E-state index in [-0.39, 0.29) is 12.0 Å². The topological polar surface area (TPSA) is 30.9 Å². The van der Waals surface area contributed by atoms with E-state index in [0.717, 1.165) is 0 Å². The van der Waals surface area contributed by atoms with E-state index in [4.69, 9.17) is 5.73 Å². The van der Waals surface area contributed by atoms with Crippen molar-refractivity contribution in [1.82, 2.24) is 4.57 Å². The molecule has 0 aliphatic carbocycles. The Morgan fingerprint density at radius 2 is 2.29 bits per heavy atom. The maximum atomic E-state index is 13.3. The molecule has 0 bridgehead atoms. The maximum absolute atomic E-state index is 13.3. The lowest BCUT2D eigenvalue weighted by Crippen LogP contribution is -2.12. The summed E-state index contributed by atoms with van der Waals surface area (Å²) in [5.41, 5.74) is 5.33. The van der Waals surface area contributed by atoms with Crippen LogP contribution in [0.3, 0.4) is 0 Å². The highest BCUT2D eigenvalue weighted by atomic mass is 19.3. The fraction of sp³-hybridized carbons (Fsp3) is 0.400. The van der Waals surface area contributed by atoms with Crippen molar-refractivity contribution in [3.05, 3.63) is 36.7 Å². The zero-order chi connectivity index (χ0) is 10.6. The van der Waals surface area contributed by atoms with E-state index in [1.807, 2.05) is 0 Å². The average molecular weight is 200 g/mol. The normalized spacial score (nSPS) is 11.6. The molecule has 1 heterocycles. The lowest BCUT2D eigenvalue weighted by Gasteiger charge is -2.11. The van der Waals surface area contributed by atoms with E-state index in [2.05, 4.69) is 6.58 Å². The molecule has 0 unspecified atom stereocenters. The molecule has 2 nitrogen and oxygen atoms in total. The summed E-state index contributed by atoms with van der Waals surface area (Å²) in [6.07, 6.45) is 3.93. The number of aromatic nitrogens is 1. The van der Waals surface area contributed by atoms with Gasteiger partial charge in [0.1, 0.15) is 0 Å². The second-order valence-corrected chi connectivity index (χ2v) is 3.12. The summed E-state index contributed by atoms with van der Waals surface area (Å²) >= 11 is 0. The van der Waals surface area contributed by atoms with Gasteiger partial charge in [-0.05, 0) is 6.07 Å². The van der Waals surface area contributed by atoms with Crippen molar-refractivity contribution in [2.75, 3.05) is 6.54 Å². The highest BCUT2D eigenvalue weighted by Gasteiger charge is 2.30. The van der Waals surface area contributed by atoms with Gasteiger partial charge in [0.25, 0.3) is 5.92 Å². The van der Waals surface area contributed by atoms with Crippen molar-refractivity contribution >= 4 is 0 Å². The quantitative estimate of drug-likeness (QED) is 0.725. The minimum atomic E-state index is -2.82. The van der Waals surface area contributed by atoms with E-state index >= 15 is 0 Å². The van der Waals surface area contributed by atoms with Crippen molar-refractivity contribution in [2.45, 2.75) is 18.9 Å². The zero-order valence-electron chi connectivity index (χ0n) is 7.92. The van der Waals surface area contributed by atoms with E-state index in [0.29, 0.717) is 13.1 Å². The first-order chi connectivity index (χ1) is 6.60. The van der Waals surface area contributed by atoms with Gasteiger partial charge < -0.3 is 10.3 Å². The Hall–Kier alpha value is -1.16. The second-order valence-electron chi connectivity index (χ2n) is 3.12. The Balaban J connectivity index is 2.79. The van der Waals surface area contributed by atoms with Crippen LogP contribution < -0.4 is 5.73 Å². The molecule has 78 valence electrons. The van der Waals surface area contributed by atoms with Crippen LogP contribution in [0.25, 0.3) is 0 Å². The van der Waals surface area contributed by atoms with Crippen LogP contribution in [-0.2, 0) is 12.5 Å². The number of hydrogen-bond acceptors (Lipinski definition) is 1. The van der Waals surface area contributed by atoms with Gasteiger partial charge >= 0.3 is 0 Å². The Morgan fingerprint density at radius 3 is 2.86 bits per heavy atom. The van der Waals surface area contributed by atoms with Crippen LogP contribution >= 0.6 is 0 Å². The Labute approximate surface area is 82.0 Å². The van der Waals surface area contributed by atoms with Crippen LogP contribution in [0.5, 0.6) is 0 Å². The molecule has 0 fully saturated rings. The summed E-state index contributed by atoms with van der Waals surface area (Å²) in [5, 5.41) is 0. The average Bonchev–Trinajstić information content (AvgIpc) is 2.54. The molecule has 4 heteroatoms. The Morgan fingerprint density at radius 1 is 1.57 bits per heavy atom.